The van der Waals surface area contributed by atoms with Crippen LogP contribution in [0.15, 0.2) is 60.8 Å². The topological polar surface area (TPSA) is 37.2 Å². The first-order valence-corrected chi connectivity index (χ1v) is 7.73. The highest BCUT2D eigenvalue weighted by Crippen LogP contribution is 2.21. The molecule has 0 radical (unpaired) electrons. The fraction of sp³-hybridized carbons (Fsp3) is 0.263. The number of aromatic nitrogens is 1. The van der Waals surface area contributed by atoms with E-state index in [0.717, 1.165) is 13.1 Å². The fourth-order valence-corrected chi connectivity index (χ4v) is 2.78. The molecule has 2 aromatic carbocycles. The minimum Gasteiger partial charge on any atom is -0.392 e. The Morgan fingerprint density at radius 3 is 2.64 bits per heavy atom. The van der Waals surface area contributed by atoms with E-state index < -0.39 is 0 Å². The van der Waals surface area contributed by atoms with E-state index in [0.29, 0.717) is 6.54 Å². The third-order valence-corrected chi connectivity index (χ3v) is 3.85. The fourth-order valence-electron chi connectivity index (χ4n) is 2.78. The molecule has 0 aliphatic heterocycles. The van der Waals surface area contributed by atoms with Gasteiger partial charge in [-0.3, -0.25) is 0 Å². The van der Waals surface area contributed by atoms with Crippen LogP contribution in [0.3, 0.4) is 0 Å². The minimum absolute atomic E-state index is 0.318. The normalized spacial score (nSPS) is 12.6. The molecule has 2 N–H and O–H groups in total. The van der Waals surface area contributed by atoms with Crippen LogP contribution in [0.1, 0.15) is 18.1 Å². The Hall–Kier alpha value is -2.10. The minimum atomic E-state index is -0.318. The van der Waals surface area contributed by atoms with Gasteiger partial charge in [0, 0.05) is 36.7 Å². The van der Waals surface area contributed by atoms with E-state index in [-0.39, 0.29) is 6.10 Å². The van der Waals surface area contributed by atoms with Crippen LogP contribution < -0.4 is 5.32 Å². The van der Waals surface area contributed by atoms with Crippen LogP contribution in [0.5, 0.6) is 0 Å². The van der Waals surface area contributed by atoms with Crippen molar-refractivity contribution in [1.29, 1.82) is 0 Å². The molecule has 1 heterocycles. The summed E-state index contributed by atoms with van der Waals surface area (Å²) >= 11 is 0. The van der Waals surface area contributed by atoms with Crippen LogP contribution in [0.25, 0.3) is 10.9 Å². The predicted molar refractivity (Wildman–Crippen MR) is 90.9 cm³/mol. The SMILES string of the molecule is CC(O)CNCc1cccc2c1ccn2Cc1ccccc1. The zero-order valence-electron chi connectivity index (χ0n) is 12.9. The molecule has 0 spiro atoms. The van der Waals surface area contributed by atoms with E-state index in [4.69, 9.17) is 0 Å². The first-order chi connectivity index (χ1) is 10.7. The monoisotopic (exact) mass is 294 g/mol. The predicted octanol–water partition coefficient (Wildman–Crippen LogP) is 3.16. The maximum atomic E-state index is 9.35. The van der Waals surface area contributed by atoms with Crippen molar-refractivity contribution in [3.05, 3.63) is 71.9 Å². The summed E-state index contributed by atoms with van der Waals surface area (Å²) in [5.74, 6) is 0. The molecule has 3 nitrogen and oxygen atoms in total. The van der Waals surface area contributed by atoms with E-state index in [1.165, 1.54) is 22.0 Å². The van der Waals surface area contributed by atoms with E-state index >= 15 is 0 Å². The van der Waals surface area contributed by atoms with Gasteiger partial charge in [-0.2, -0.15) is 0 Å². The van der Waals surface area contributed by atoms with Gasteiger partial charge in [0.15, 0.2) is 0 Å². The molecule has 1 aromatic heterocycles. The summed E-state index contributed by atoms with van der Waals surface area (Å²) in [7, 11) is 0. The van der Waals surface area contributed by atoms with Crippen molar-refractivity contribution in [2.45, 2.75) is 26.1 Å². The Bertz CT molecular complexity index is 732. The van der Waals surface area contributed by atoms with Gasteiger partial charge in [0.2, 0.25) is 0 Å². The Labute approximate surface area is 131 Å². The number of nitrogens with zero attached hydrogens (tertiary/aromatic N) is 1. The average Bonchev–Trinajstić information content (AvgIpc) is 2.92. The van der Waals surface area contributed by atoms with Gasteiger partial charge in [-0.1, -0.05) is 42.5 Å². The lowest BCUT2D eigenvalue weighted by atomic mass is 10.1. The highest BCUT2D eigenvalue weighted by Gasteiger charge is 2.06. The van der Waals surface area contributed by atoms with Crippen LogP contribution in [-0.4, -0.2) is 22.3 Å². The molecule has 0 fully saturated rings. The number of aliphatic hydroxyl groups is 1. The molecule has 1 atom stereocenters. The van der Waals surface area contributed by atoms with Crippen molar-refractivity contribution in [3.63, 3.8) is 0 Å². The van der Waals surface area contributed by atoms with E-state index in [1.807, 2.05) is 6.07 Å². The van der Waals surface area contributed by atoms with Gasteiger partial charge in [-0.05, 0) is 30.2 Å². The zero-order valence-corrected chi connectivity index (χ0v) is 12.9. The van der Waals surface area contributed by atoms with Gasteiger partial charge in [0.25, 0.3) is 0 Å². The Morgan fingerprint density at radius 2 is 1.86 bits per heavy atom. The van der Waals surface area contributed by atoms with Crippen LogP contribution in [0.2, 0.25) is 0 Å². The lowest BCUT2D eigenvalue weighted by Crippen LogP contribution is -2.23. The molecule has 0 aliphatic carbocycles. The molecular formula is C19H22N2O. The van der Waals surface area contributed by atoms with Crippen molar-refractivity contribution in [2.24, 2.45) is 0 Å². The van der Waals surface area contributed by atoms with Crippen molar-refractivity contribution < 1.29 is 5.11 Å². The maximum absolute atomic E-state index is 9.35. The summed E-state index contributed by atoms with van der Waals surface area (Å²) in [6.07, 6.45) is 1.83. The number of nitrogens with one attached hydrogen (secondary N) is 1. The lowest BCUT2D eigenvalue weighted by molar-refractivity contribution is 0.191. The second kappa shape index (κ2) is 6.77. The molecular weight excluding hydrogens is 272 g/mol. The molecule has 1 unspecified atom stereocenters. The van der Waals surface area contributed by atoms with Crippen molar-refractivity contribution in [2.75, 3.05) is 6.54 Å². The second-order valence-corrected chi connectivity index (χ2v) is 5.76. The Morgan fingerprint density at radius 1 is 1.05 bits per heavy atom. The second-order valence-electron chi connectivity index (χ2n) is 5.76. The van der Waals surface area contributed by atoms with Crippen molar-refractivity contribution >= 4 is 10.9 Å². The molecule has 114 valence electrons. The number of hydrogen-bond acceptors (Lipinski definition) is 2. The molecule has 3 aromatic rings. The van der Waals surface area contributed by atoms with E-state index in [1.54, 1.807) is 6.92 Å². The molecule has 3 rings (SSSR count). The lowest BCUT2D eigenvalue weighted by Gasteiger charge is -2.09. The zero-order chi connectivity index (χ0) is 15.4. The van der Waals surface area contributed by atoms with Gasteiger partial charge in [0.1, 0.15) is 0 Å². The standard InChI is InChI=1S/C19H22N2O/c1-15(22)12-20-13-17-8-5-9-19-18(17)10-11-21(19)14-16-6-3-2-4-7-16/h2-11,15,20,22H,12-14H2,1H3. The molecule has 0 bridgehead atoms. The van der Waals surface area contributed by atoms with Gasteiger partial charge >= 0.3 is 0 Å². The van der Waals surface area contributed by atoms with Gasteiger partial charge < -0.3 is 15.0 Å². The van der Waals surface area contributed by atoms with Crippen molar-refractivity contribution in [3.8, 4) is 0 Å². The quantitative estimate of drug-likeness (QED) is 0.733. The number of fused-ring (bicyclic) bond motifs is 1. The van der Waals surface area contributed by atoms with Crippen LogP contribution in [0, 0.1) is 0 Å². The number of hydrogen-bond donors (Lipinski definition) is 2. The Balaban J connectivity index is 1.82. The summed E-state index contributed by atoms with van der Waals surface area (Å²) in [6, 6.07) is 19.1. The smallest absolute Gasteiger partial charge is 0.0636 e. The highest BCUT2D eigenvalue weighted by atomic mass is 16.3. The van der Waals surface area contributed by atoms with Crippen LogP contribution in [0.4, 0.5) is 0 Å². The van der Waals surface area contributed by atoms with E-state index in [9.17, 15) is 5.11 Å². The molecule has 0 aliphatic rings. The summed E-state index contributed by atoms with van der Waals surface area (Å²) < 4.78 is 2.28. The first-order valence-electron chi connectivity index (χ1n) is 7.73. The van der Waals surface area contributed by atoms with Gasteiger partial charge in [0.05, 0.1) is 6.10 Å². The summed E-state index contributed by atoms with van der Waals surface area (Å²) in [4.78, 5) is 0. The number of rotatable bonds is 6. The van der Waals surface area contributed by atoms with Crippen LogP contribution >= 0.6 is 0 Å². The first kappa shape index (κ1) is 14.8. The molecule has 3 heteroatoms. The Kier molecular flexibility index (Phi) is 4.56. The third-order valence-electron chi connectivity index (χ3n) is 3.85. The maximum Gasteiger partial charge on any atom is 0.0636 e. The summed E-state index contributed by atoms with van der Waals surface area (Å²) in [5.41, 5.74) is 3.82. The van der Waals surface area contributed by atoms with Gasteiger partial charge in [-0.15, -0.1) is 0 Å². The van der Waals surface area contributed by atoms with Crippen molar-refractivity contribution in [1.82, 2.24) is 9.88 Å². The number of aliphatic hydroxyl groups excluding tert-OH is 1. The van der Waals surface area contributed by atoms with E-state index in [2.05, 4.69) is 64.6 Å². The molecule has 0 saturated carbocycles. The van der Waals surface area contributed by atoms with Crippen LogP contribution in [-0.2, 0) is 13.1 Å². The molecule has 0 amide bonds. The largest absolute Gasteiger partial charge is 0.392 e. The number of benzene rings is 2. The van der Waals surface area contributed by atoms with Gasteiger partial charge in [-0.25, -0.2) is 0 Å². The molecule has 22 heavy (non-hydrogen) atoms. The third kappa shape index (κ3) is 3.38. The average molecular weight is 294 g/mol. The molecule has 0 saturated heterocycles. The summed E-state index contributed by atoms with van der Waals surface area (Å²) in [6.45, 7) is 4.07. The highest BCUT2D eigenvalue weighted by molar-refractivity contribution is 5.83. The summed E-state index contributed by atoms with van der Waals surface area (Å²) in [5, 5.41) is 13.9.